The van der Waals surface area contributed by atoms with Crippen LogP contribution in [-0.4, -0.2) is 17.8 Å². The van der Waals surface area contributed by atoms with Crippen LogP contribution in [0.4, 0.5) is 0 Å². The maximum atomic E-state index is 9.40. The minimum atomic E-state index is 0.320. The van der Waals surface area contributed by atoms with Gasteiger partial charge in [0, 0.05) is 18.7 Å². The summed E-state index contributed by atoms with van der Waals surface area (Å²) in [5.41, 5.74) is 2.80. The lowest BCUT2D eigenvalue weighted by molar-refractivity contribution is 0.200. The lowest BCUT2D eigenvalue weighted by Crippen LogP contribution is -2.35. The summed E-state index contributed by atoms with van der Waals surface area (Å²) in [7, 11) is 0. The molecule has 0 aliphatic heterocycles. The van der Waals surface area contributed by atoms with Gasteiger partial charge in [0.1, 0.15) is 0 Å². The molecule has 112 valence electrons. The zero-order valence-corrected chi connectivity index (χ0v) is 12.9. The lowest BCUT2D eigenvalue weighted by Gasteiger charge is -2.24. The summed E-state index contributed by atoms with van der Waals surface area (Å²) in [6, 6.07) is 9.89. The highest BCUT2D eigenvalue weighted by Gasteiger charge is 2.27. The monoisotopic (exact) mass is 275 g/mol. The molecule has 1 aromatic carbocycles. The van der Waals surface area contributed by atoms with Crippen molar-refractivity contribution in [3.63, 3.8) is 0 Å². The molecule has 0 saturated heterocycles. The Kier molecular flexibility index (Phi) is 6.06. The summed E-state index contributed by atoms with van der Waals surface area (Å²) >= 11 is 0. The van der Waals surface area contributed by atoms with Crippen LogP contribution in [-0.2, 0) is 6.42 Å². The van der Waals surface area contributed by atoms with E-state index in [1.165, 1.54) is 43.2 Å². The van der Waals surface area contributed by atoms with Crippen LogP contribution < -0.4 is 5.32 Å². The quantitative estimate of drug-likeness (QED) is 0.792. The molecule has 2 nitrogen and oxygen atoms in total. The molecule has 2 heteroatoms. The fourth-order valence-electron chi connectivity index (χ4n) is 3.25. The fraction of sp³-hybridized carbons (Fsp3) is 0.667. The molecule has 2 rings (SSSR count). The third-order valence-corrected chi connectivity index (χ3v) is 4.66. The van der Waals surface area contributed by atoms with E-state index >= 15 is 0 Å². The van der Waals surface area contributed by atoms with Crippen LogP contribution in [0.2, 0.25) is 0 Å². The third-order valence-electron chi connectivity index (χ3n) is 4.66. The van der Waals surface area contributed by atoms with E-state index in [0.29, 0.717) is 24.6 Å². The first-order chi connectivity index (χ1) is 9.74. The molecule has 0 aromatic heterocycles. The molecular formula is C18H29NO. The van der Waals surface area contributed by atoms with Crippen LogP contribution in [0, 0.1) is 5.92 Å². The number of aryl methyl sites for hydroxylation is 1. The summed E-state index contributed by atoms with van der Waals surface area (Å²) in [5, 5.41) is 13.1. The molecule has 1 saturated carbocycles. The normalized spacial score (nSPS) is 23.9. The molecule has 0 amide bonds. The Bertz CT molecular complexity index is 387. The van der Waals surface area contributed by atoms with Crippen LogP contribution in [0.1, 0.15) is 63.1 Å². The van der Waals surface area contributed by atoms with Crippen molar-refractivity contribution in [3.8, 4) is 0 Å². The summed E-state index contributed by atoms with van der Waals surface area (Å²) in [5.74, 6) is 0.446. The molecule has 0 spiro atoms. The topological polar surface area (TPSA) is 32.3 Å². The van der Waals surface area contributed by atoms with Gasteiger partial charge in [0.15, 0.2) is 0 Å². The van der Waals surface area contributed by atoms with Gasteiger partial charge >= 0.3 is 0 Å². The van der Waals surface area contributed by atoms with Crippen molar-refractivity contribution in [2.24, 2.45) is 5.92 Å². The van der Waals surface area contributed by atoms with Crippen molar-refractivity contribution in [2.45, 2.75) is 64.5 Å². The average Bonchev–Trinajstić information content (AvgIpc) is 2.92. The Hall–Kier alpha value is -0.860. The minimum Gasteiger partial charge on any atom is -0.396 e. The summed E-state index contributed by atoms with van der Waals surface area (Å²) in [6.45, 7) is 4.79. The number of hydrogen-bond donors (Lipinski definition) is 2. The van der Waals surface area contributed by atoms with E-state index in [2.05, 4.69) is 43.4 Å². The number of rotatable bonds is 7. The maximum Gasteiger partial charge on any atom is 0.0474 e. The molecule has 3 atom stereocenters. The van der Waals surface area contributed by atoms with Gasteiger partial charge in [-0.3, -0.25) is 0 Å². The molecule has 3 unspecified atom stereocenters. The Balaban J connectivity index is 1.90. The molecule has 1 aromatic rings. The van der Waals surface area contributed by atoms with Gasteiger partial charge in [-0.15, -0.1) is 0 Å². The van der Waals surface area contributed by atoms with Crippen molar-refractivity contribution < 1.29 is 5.11 Å². The fourth-order valence-corrected chi connectivity index (χ4v) is 3.25. The minimum absolute atomic E-state index is 0.320. The highest BCUT2D eigenvalue weighted by atomic mass is 16.3. The molecular weight excluding hydrogens is 246 g/mol. The number of nitrogens with one attached hydrogen (secondary N) is 1. The number of hydrogen-bond acceptors (Lipinski definition) is 2. The highest BCUT2D eigenvalue weighted by molar-refractivity contribution is 5.25. The van der Waals surface area contributed by atoms with Crippen molar-refractivity contribution in [3.05, 3.63) is 35.4 Å². The van der Waals surface area contributed by atoms with Gasteiger partial charge < -0.3 is 10.4 Å². The van der Waals surface area contributed by atoms with Crippen molar-refractivity contribution >= 4 is 0 Å². The molecule has 1 aliphatic carbocycles. The van der Waals surface area contributed by atoms with E-state index in [9.17, 15) is 5.11 Å². The molecule has 0 heterocycles. The first kappa shape index (κ1) is 15.5. The lowest BCUT2D eigenvalue weighted by atomic mass is 10.00. The molecule has 1 aliphatic rings. The zero-order chi connectivity index (χ0) is 14.4. The number of aliphatic hydroxyl groups excluding tert-OH is 1. The van der Waals surface area contributed by atoms with E-state index in [4.69, 9.17) is 0 Å². The molecule has 20 heavy (non-hydrogen) atoms. The van der Waals surface area contributed by atoms with Crippen molar-refractivity contribution in [1.82, 2.24) is 5.32 Å². The molecule has 1 fully saturated rings. The van der Waals surface area contributed by atoms with Crippen LogP contribution in [0.15, 0.2) is 24.3 Å². The standard InChI is InChI=1S/C18H29NO/c1-3-4-6-15-9-11-16(12-10-15)14(2)19-18-8-5-7-17(18)13-20/h9-12,14,17-20H,3-8,13H2,1-2H3. The van der Waals surface area contributed by atoms with E-state index in [0.717, 1.165) is 6.42 Å². The second-order valence-electron chi connectivity index (χ2n) is 6.21. The number of unbranched alkanes of at least 4 members (excludes halogenated alkanes) is 1. The van der Waals surface area contributed by atoms with Crippen molar-refractivity contribution in [1.29, 1.82) is 0 Å². The van der Waals surface area contributed by atoms with E-state index in [-0.39, 0.29) is 0 Å². The first-order valence-corrected chi connectivity index (χ1v) is 8.20. The van der Waals surface area contributed by atoms with Crippen LogP contribution in [0.3, 0.4) is 0 Å². The first-order valence-electron chi connectivity index (χ1n) is 8.20. The molecule has 0 radical (unpaired) electrons. The summed E-state index contributed by atoms with van der Waals surface area (Å²) in [4.78, 5) is 0. The van der Waals surface area contributed by atoms with Gasteiger partial charge in [-0.2, -0.15) is 0 Å². The smallest absolute Gasteiger partial charge is 0.0474 e. The molecule has 0 bridgehead atoms. The largest absolute Gasteiger partial charge is 0.396 e. The Morgan fingerprint density at radius 2 is 2.00 bits per heavy atom. The van der Waals surface area contributed by atoms with Gasteiger partial charge in [-0.05, 0) is 49.7 Å². The highest BCUT2D eigenvalue weighted by Crippen LogP contribution is 2.27. The predicted octanol–water partition coefficient (Wildman–Crippen LogP) is 3.84. The van der Waals surface area contributed by atoms with Crippen LogP contribution in [0.25, 0.3) is 0 Å². The van der Waals surface area contributed by atoms with E-state index in [1.54, 1.807) is 0 Å². The summed E-state index contributed by atoms with van der Waals surface area (Å²) in [6.07, 6.45) is 7.32. The zero-order valence-electron chi connectivity index (χ0n) is 12.9. The van der Waals surface area contributed by atoms with Crippen molar-refractivity contribution in [2.75, 3.05) is 6.61 Å². The van der Waals surface area contributed by atoms with Crippen LogP contribution in [0.5, 0.6) is 0 Å². The van der Waals surface area contributed by atoms with Gasteiger partial charge in [0.2, 0.25) is 0 Å². The third kappa shape index (κ3) is 4.07. The Morgan fingerprint density at radius 3 is 2.65 bits per heavy atom. The Labute approximate surface area is 123 Å². The summed E-state index contributed by atoms with van der Waals surface area (Å²) < 4.78 is 0. The SMILES string of the molecule is CCCCc1ccc(C(C)NC2CCCC2CO)cc1. The van der Waals surface area contributed by atoms with Gasteiger partial charge in [-0.25, -0.2) is 0 Å². The second kappa shape index (κ2) is 7.80. The van der Waals surface area contributed by atoms with Crippen LogP contribution >= 0.6 is 0 Å². The second-order valence-corrected chi connectivity index (χ2v) is 6.21. The van der Waals surface area contributed by atoms with E-state index < -0.39 is 0 Å². The van der Waals surface area contributed by atoms with Gasteiger partial charge in [0.05, 0.1) is 0 Å². The Morgan fingerprint density at radius 1 is 1.25 bits per heavy atom. The maximum absolute atomic E-state index is 9.40. The number of aliphatic hydroxyl groups is 1. The molecule has 2 N–H and O–H groups in total. The predicted molar refractivity (Wildman–Crippen MR) is 84.8 cm³/mol. The van der Waals surface area contributed by atoms with E-state index in [1.807, 2.05) is 0 Å². The number of benzene rings is 1. The van der Waals surface area contributed by atoms with Gasteiger partial charge in [-0.1, -0.05) is 44.0 Å². The average molecular weight is 275 g/mol. The van der Waals surface area contributed by atoms with Gasteiger partial charge in [0.25, 0.3) is 0 Å².